The van der Waals surface area contributed by atoms with Gasteiger partial charge in [0, 0.05) is 21.0 Å². The number of carbonyl (C=O) groups is 1. The summed E-state index contributed by atoms with van der Waals surface area (Å²) >= 11 is 5.30. The highest BCUT2D eigenvalue weighted by molar-refractivity contribution is 8.01. The quantitative estimate of drug-likeness (QED) is 0.790. The van der Waals surface area contributed by atoms with Gasteiger partial charge in [-0.2, -0.15) is 0 Å². The molecule has 5 heteroatoms. The van der Waals surface area contributed by atoms with Gasteiger partial charge in [0.25, 0.3) is 0 Å². The fraction of sp³-hybridized carbons (Fsp3) is 0.471. The van der Waals surface area contributed by atoms with Gasteiger partial charge in [-0.15, -0.1) is 34.4 Å². The van der Waals surface area contributed by atoms with Gasteiger partial charge in [0.2, 0.25) is 5.91 Å². The Hall–Kier alpha value is -0.780. The number of hydrogen-bond donors (Lipinski definition) is 0. The van der Waals surface area contributed by atoms with E-state index in [1.807, 2.05) is 11.3 Å². The third-order valence-electron chi connectivity index (χ3n) is 3.73. The third-order valence-corrected chi connectivity index (χ3v) is 6.91. The second-order valence-electron chi connectivity index (χ2n) is 6.46. The van der Waals surface area contributed by atoms with E-state index in [2.05, 4.69) is 54.6 Å². The second kappa shape index (κ2) is 6.38. The number of carbonyl (C=O) groups excluding carboxylic acids is 1. The van der Waals surface area contributed by atoms with Gasteiger partial charge in [-0.1, -0.05) is 26.8 Å². The highest BCUT2D eigenvalue weighted by Gasteiger charge is 2.33. The zero-order chi connectivity index (χ0) is 15.7. The van der Waals surface area contributed by atoms with Crippen molar-refractivity contribution < 1.29 is 4.79 Å². The van der Waals surface area contributed by atoms with Crippen molar-refractivity contribution in [3.8, 4) is 0 Å². The van der Waals surface area contributed by atoms with E-state index in [4.69, 9.17) is 0 Å². The number of amides is 1. The van der Waals surface area contributed by atoms with Crippen molar-refractivity contribution in [3.63, 3.8) is 0 Å². The van der Waals surface area contributed by atoms with Gasteiger partial charge in [0.15, 0.2) is 0 Å². The Balaban J connectivity index is 1.85. The summed E-state index contributed by atoms with van der Waals surface area (Å²) < 4.78 is 0.122. The Kier molecular flexibility index (Phi) is 4.67. The van der Waals surface area contributed by atoms with Crippen LogP contribution in [0, 0.1) is 0 Å². The van der Waals surface area contributed by atoms with Crippen molar-refractivity contribution >= 4 is 40.3 Å². The van der Waals surface area contributed by atoms with Crippen molar-refractivity contribution in [3.05, 3.63) is 44.3 Å². The van der Waals surface area contributed by atoms with Crippen LogP contribution in [0.5, 0.6) is 0 Å². The van der Waals surface area contributed by atoms with Crippen LogP contribution in [0.2, 0.25) is 0 Å². The van der Waals surface area contributed by atoms with E-state index in [1.165, 1.54) is 15.3 Å². The monoisotopic (exact) mass is 351 g/mol. The molecule has 1 amide bonds. The van der Waals surface area contributed by atoms with Crippen LogP contribution in [-0.2, 0) is 11.2 Å². The van der Waals surface area contributed by atoms with Crippen LogP contribution in [-0.4, -0.2) is 27.9 Å². The molecule has 0 fully saturated rings. The van der Waals surface area contributed by atoms with Crippen molar-refractivity contribution in [2.45, 2.75) is 38.0 Å². The summed E-state index contributed by atoms with van der Waals surface area (Å²) in [6.07, 6.45) is 0.987. The molecular weight excluding hydrogens is 330 g/mol. The van der Waals surface area contributed by atoms with E-state index in [9.17, 15) is 4.79 Å². The molecule has 1 atom stereocenters. The molecule has 3 heterocycles. The highest BCUT2D eigenvalue weighted by atomic mass is 32.2. The number of nitrogens with zero attached hydrogens (tertiary/aromatic N) is 1. The van der Waals surface area contributed by atoms with Crippen LogP contribution in [0.4, 0.5) is 0 Å². The minimum Gasteiger partial charge on any atom is -0.330 e. The fourth-order valence-corrected chi connectivity index (χ4v) is 5.18. The summed E-state index contributed by atoms with van der Waals surface area (Å²) in [7, 11) is 0. The van der Waals surface area contributed by atoms with Crippen LogP contribution in [0.25, 0.3) is 0 Å². The number of fused-ring (bicyclic) bond motifs is 1. The molecule has 118 valence electrons. The molecule has 0 saturated carbocycles. The first kappa shape index (κ1) is 16.1. The van der Waals surface area contributed by atoms with E-state index < -0.39 is 0 Å². The molecule has 0 aliphatic carbocycles. The molecule has 1 aliphatic heterocycles. The lowest BCUT2D eigenvalue weighted by Gasteiger charge is -2.36. The summed E-state index contributed by atoms with van der Waals surface area (Å²) in [5.41, 5.74) is 1.33. The van der Waals surface area contributed by atoms with Crippen molar-refractivity contribution in [2.24, 2.45) is 0 Å². The summed E-state index contributed by atoms with van der Waals surface area (Å²) in [5, 5.41) is 4.26. The maximum atomic E-state index is 12.8. The molecule has 2 aromatic heterocycles. The van der Waals surface area contributed by atoms with Crippen molar-refractivity contribution in [2.75, 3.05) is 12.3 Å². The smallest absolute Gasteiger partial charge is 0.233 e. The first-order valence-electron chi connectivity index (χ1n) is 7.49. The van der Waals surface area contributed by atoms with Crippen LogP contribution in [0.1, 0.15) is 42.1 Å². The lowest BCUT2D eigenvalue weighted by Crippen LogP contribution is -2.41. The van der Waals surface area contributed by atoms with Gasteiger partial charge >= 0.3 is 0 Å². The van der Waals surface area contributed by atoms with Gasteiger partial charge < -0.3 is 4.90 Å². The first-order valence-corrected chi connectivity index (χ1v) is 10.2. The van der Waals surface area contributed by atoms with Gasteiger partial charge in [-0.05, 0) is 34.9 Å². The minimum atomic E-state index is 0.114. The summed E-state index contributed by atoms with van der Waals surface area (Å²) in [6.45, 7) is 7.32. The van der Waals surface area contributed by atoms with Gasteiger partial charge in [-0.25, -0.2) is 0 Å². The lowest BCUT2D eigenvalue weighted by molar-refractivity contribution is -0.130. The first-order chi connectivity index (χ1) is 10.5. The zero-order valence-electron chi connectivity index (χ0n) is 13.2. The number of thiophene rings is 2. The minimum absolute atomic E-state index is 0.114. The molecule has 22 heavy (non-hydrogen) atoms. The van der Waals surface area contributed by atoms with Gasteiger partial charge in [0.1, 0.15) is 0 Å². The second-order valence-corrected chi connectivity index (χ2v) is 10.2. The normalized spacial score (nSPS) is 18.3. The Morgan fingerprint density at radius 2 is 2.14 bits per heavy atom. The van der Waals surface area contributed by atoms with E-state index in [0.29, 0.717) is 5.75 Å². The van der Waals surface area contributed by atoms with Crippen LogP contribution < -0.4 is 0 Å². The van der Waals surface area contributed by atoms with E-state index in [1.54, 1.807) is 23.1 Å². The Morgan fingerprint density at radius 1 is 1.32 bits per heavy atom. The summed E-state index contributed by atoms with van der Waals surface area (Å²) in [4.78, 5) is 17.6. The van der Waals surface area contributed by atoms with Crippen molar-refractivity contribution in [1.82, 2.24) is 4.90 Å². The average molecular weight is 352 g/mol. The predicted octanol–water partition coefficient (Wildman–Crippen LogP) is 4.82. The molecule has 0 saturated heterocycles. The van der Waals surface area contributed by atoms with E-state index >= 15 is 0 Å². The number of rotatable bonds is 3. The highest BCUT2D eigenvalue weighted by Crippen LogP contribution is 2.40. The standard InChI is InChI=1S/C17H21NOS3/c1-17(2,3)22-11-15(19)18-8-6-13-12(7-10-21-13)16(18)14-5-4-9-20-14/h4-5,7,9-10,16H,6,8,11H2,1-3H3. The number of thioether (sulfide) groups is 1. The van der Waals surface area contributed by atoms with E-state index in [0.717, 1.165) is 13.0 Å². The molecule has 1 unspecified atom stereocenters. The summed E-state index contributed by atoms with van der Waals surface area (Å²) in [5.74, 6) is 0.820. The van der Waals surface area contributed by atoms with Crippen LogP contribution >= 0.6 is 34.4 Å². The largest absolute Gasteiger partial charge is 0.330 e. The molecule has 0 spiro atoms. The third kappa shape index (κ3) is 3.42. The Labute approximate surface area is 144 Å². The maximum absolute atomic E-state index is 12.8. The lowest BCUT2D eigenvalue weighted by atomic mass is 9.98. The van der Waals surface area contributed by atoms with Crippen LogP contribution in [0.15, 0.2) is 29.0 Å². The molecule has 0 bridgehead atoms. The molecule has 1 aliphatic rings. The Bertz CT molecular complexity index is 639. The summed E-state index contributed by atoms with van der Waals surface area (Å²) in [6, 6.07) is 6.54. The molecular formula is C17H21NOS3. The predicted molar refractivity (Wildman–Crippen MR) is 98.1 cm³/mol. The fourth-order valence-electron chi connectivity index (χ4n) is 2.70. The molecule has 2 aromatic rings. The van der Waals surface area contributed by atoms with Crippen LogP contribution in [0.3, 0.4) is 0 Å². The number of hydrogen-bond acceptors (Lipinski definition) is 4. The average Bonchev–Trinajstić information content (AvgIpc) is 3.13. The molecule has 3 rings (SSSR count). The Morgan fingerprint density at radius 3 is 2.82 bits per heavy atom. The topological polar surface area (TPSA) is 20.3 Å². The SMILES string of the molecule is CC(C)(C)SCC(=O)N1CCc2sccc2C1c1cccs1. The van der Waals surface area contributed by atoms with Gasteiger partial charge in [0.05, 0.1) is 11.8 Å². The van der Waals surface area contributed by atoms with Gasteiger partial charge in [-0.3, -0.25) is 4.79 Å². The zero-order valence-corrected chi connectivity index (χ0v) is 15.6. The molecule has 0 radical (unpaired) electrons. The molecule has 0 aromatic carbocycles. The maximum Gasteiger partial charge on any atom is 0.233 e. The molecule has 0 N–H and O–H groups in total. The molecule has 2 nitrogen and oxygen atoms in total. The van der Waals surface area contributed by atoms with Crippen molar-refractivity contribution in [1.29, 1.82) is 0 Å². The van der Waals surface area contributed by atoms with E-state index in [-0.39, 0.29) is 16.7 Å².